The third-order valence-corrected chi connectivity index (χ3v) is 4.67. The maximum Gasteiger partial charge on any atom is 0.0178 e. The van der Waals surface area contributed by atoms with Gasteiger partial charge in [0.2, 0.25) is 0 Å². The van der Waals surface area contributed by atoms with Gasteiger partial charge in [-0.1, -0.05) is 70.6 Å². The lowest BCUT2D eigenvalue weighted by Crippen LogP contribution is -2.00. The first kappa shape index (κ1) is 14.7. The molecule has 1 heterocycles. The molecule has 1 aliphatic carbocycles. The van der Waals surface area contributed by atoms with Gasteiger partial charge in [0, 0.05) is 11.9 Å². The first-order valence-electron chi connectivity index (χ1n) is 8.60. The highest BCUT2D eigenvalue weighted by Gasteiger charge is 2.12. The summed E-state index contributed by atoms with van der Waals surface area (Å²) in [4.78, 5) is 3.44. The van der Waals surface area contributed by atoms with Crippen LogP contribution in [0.4, 0.5) is 0 Å². The van der Waals surface area contributed by atoms with Gasteiger partial charge in [0.1, 0.15) is 0 Å². The van der Waals surface area contributed by atoms with Crippen LogP contribution in [0, 0.1) is 0 Å². The van der Waals surface area contributed by atoms with Gasteiger partial charge in [-0.3, -0.25) is 0 Å². The van der Waals surface area contributed by atoms with E-state index in [9.17, 15) is 0 Å². The van der Waals surface area contributed by atoms with Crippen molar-refractivity contribution in [3.63, 3.8) is 0 Å². The number of rotatable bonds is 1. The molecule has 0 unspecified atom stereocenters. The first-order chi connectivity index (χ1) is 9.47. The van der Waals surface area contributed by atoms with Gasteiger partial charge < -0.3 is 4.98 Å². The van der Waals surface area contributed by atoms with Crippen molar-refractivity contribution in [3.8, 4) is 0 Å². The van der Waals surface area contributed by atoms with E-state index in [-0.39, 0.29) is 0 Å². The van der Waals surface area contributed by atoms with Crippen LogP contribution in [0.1, 0.15) is 95.1 Å². The van der Waals surface area contributed by atoms with Crippen LogP contribution in [-0.4, -0.2) is 4.98 Å². The fourth-order valence-corrected chi connectivity index (χ4v) is 3.43. The zero-order chi connectivity index (χ0) is 13.2. The van der Waals surface area contributed by atoms with Crippen LogP contribution in [-0.2, 0) is 0 Å². The Morgan fingerprint density at radius 3 is 1.58 bits per heavy atom. The van der Waals surface area contributed by atoms with E-state index in [1.54, 1.807) is 0 Å². The maximum atomic E-state index is 3.44. The molecule has 0 saturated heterocycles. The normalized spacial score (nSPS) is 21.9. The molecule has 19 heavy (non-hydrogen) atoms. The number of H-pyrrole nitrogens is 1. The van der Waals surface area contributed by atoms with Crippen LogP contribution in [0.3, 0.4) is 0 Å². The SMILES string of the molecule is c1c[nH]c(C2CCCCCCCCCCCCC2)c1. The van der Waals surface area contributed by atoms with Gasteiger partial charge in [0.25, 0.3) is 0 Å². The van der Waals surface area contributed by atoms with Crippen molar-refractivity contribution in [3.05, 3.63) is 24.0 Å². The van der Waals surface area contributed by atoms with Gasteiger partial charge in [-0.25, -0.2) is 0 Å². The summed E-state index contributed by atoms with van der Waals surface area (Å²) in [6.07, 6.45) is 20.9. The smallest absolute Gasteiger partial charge is 0.0178 e. The van der Waals surface area contributed by atoms with Crippen LogP contribution in [0.5, 0.6) is 0 Å². The molecule has 0 bridgehead atoms. The monoisotopic (exact) mass is 261 g/mol. The highest BCUT2D eigenvalue weighted by molar-refractivity contribution is 5.09. The molecule has 0 atom stereocenters. The Bertz CT molecular complexity index is 288. The minimum Gasteiger partial charge on any atom is -0.365 e. The van der Waals surface area contributed by atoms with Crippen LogP contribution in [0.25, 0.3) is 0 Å². The summed E-state index contributed by atoms with van der Waals surface area (Å²) in [5.74, 6) is 0.790. The molecular formula is C18H31N. The quantitative estimate of drug-likeness (QED) is 0.621. The molecular weight excluding hydrogens is 230 g/mol. The predicted molar refractivity (Wildman–Crippen MR) is 83.6 cm³/mol. The van der Waals surface area contributed by atoms with Crippen LogP contribution in [0.2, 0.25) is 0 Å². The van der Waals surface area contributed by atoms with E-state index in [4.69, 9.17) is 0 Å². The summed E-state index contributed by atoms with van der Waals surface area (Å²) in [6, 6.07) is 4.44. The summed E-state index contributed by atoms with van der Waals surface area (Å²) in [6.45, 7) is 0. The lowest BCUT2D eigenvalue weighted by Gasteiger charge is -2.16. The van der Waals surface area contributed by atoms with Crippen molar-refractivity contribution >= 4 is 0 Å². The number of hydrogen-bond acceptors (Lipinski definition) is 0. The molecule has 1 saturated carbocycles. The first-order valence-corrected chi connectivity index (χ1v) is 8.60. The van der Waals surface area contributed by atoms with E-state index >= 15 is 0 Å². The Kier molecular flexibility index (Phi) is 7.13. The van der Waals surface area contributed by atoms with E-state index in [0.29, 0.717) is 0 Å². The third-order valence-electron chi connectivity index (χ3n) is 4.67. The average Bonchev–Trinajstić information content (AvgIpc) is 2.95. The van der Waals surface area contributed by atoms with Crippen molar-refractivity contribution < 1.29 is 0 Å². The molecule has 1 fully saturated rings. The third kappa shape index (κ3) is 5.84. The Morgan fingerprint density at radius 1 is 0.684 bits per heavy atom. The topological polar surface area (TPSA) is 15.8 Å². The fraction of sp³-hybridized carbons (Fsp3) is 0.778. The summed E-state index contributed by atoms with van der Waals surface area (Å²) < 4.78 is 0. The Hall–Kier alpha value is -0.720. The molecule has 1 aromatic rings. The van der Waals surface area contributed by atoms with Crippen molar-refractivity contribution in [2.75, 3.05) is 0 Å². The lowest BCUT2D eigenvalue weighted by molar-refractivity contribution is 0.466. The molecule has 1 nitrogen and oxygen atoms in total. The minimum atomic E-state index is 0.790. The Balaban J connectivity index is 1.80. The molecule has 1 aromatic heterocycles. The van der Waals surface area contributed by atoms with Crippen LogP contribution < -0.4 is 0 Å². The number of aromatic amines is 1. The van der Waals surface area contributed by atoms with Gasteiger partial charge in [-0.05, 0) is 30.9 Å². The Labute approximate surface area is 119 Å². The van der Waals surface area contributed by atoms with Crippen molar-refractivity contribution in [1.82, 2.24) is 4.98 Å². The molecule has 1 aliphatic rings. The molecule has 0 aliphatic heterocycles. The summed E-state index contributed by atoms with van der Waals surface area (Å²) >= 11 is 0. The minimum absolute atomic E-state index is 0.790. The summed E-state index contributed by atoms with van der Waals surface area (Å²) in [5.41, 5.74) is 1.48. The van der Waals surface area contributed by atoms with Crippen molar-refractivity contribution in [2.45, 2.75) is 89.4 Å². The molecule has 108 valence electrons. The largest absolute Gasteiger partial charge is 0.365 e. The standard InChI is InChI=1S/C18H31N/c1-2-4-6-8-10-13-17(18-15-12-16-19-18)14-11-9-7-5-3-1/h12,15-17,19H,1-11,13-14H2. The highest BCUT2D eigenvalue weighted by atomic mass is 14.7. The highest BCUT2D eigenvalue weighted by Crippen LogP contribution is 2.28. The molecule has 0 aromatic carbocycles. The molecule has 2 rings (SSSR count). The van der Waals surface area contributed by atoms with Gasteiger partial charge in [-0.2, -0.15) is 0 Å². The van der Waals surface area contributed by atoms with Crippen molar-refractivity contribution in [1.29, 1.82) is 0 Å². The van der Waals surface area contributed by atoms with Crippen LogP contribution in [0.15, 0.2) is 18.3 Å². The summed E-state index contributed by atoms with van der Waals surface area (Å²) in [5, 5.41) is 0. The Morgan fingerprint density at radius 2 is 1.16 bits per heavy atom. The van der Waals surface area contributed by atoms with E-state index in [0.717, 1.165) is 5.92 Å². The average molecular weight is 261 g/mol. The number of aromatic nitrogens is 1. The molecule has 0 radical (unpaired) electrons. The zero-order valence-electron chi connectivity index (χ0n) is 12.5. The second kappa shape index (κ2) is 9.23. The van der Waals surface area contributed by atoms with Gasteiger partial charge in [-0.15, -0.1) is 0 Å². The fourth-order valence-electron chi connectivity index (χ4n) is 3.43. The molecule has 1 N–H and O–H groups in total. The van der Waals surface area contributed by atoms with E-state index in [1.807, 2.05) is 0 Å². The predicted octanol–water partition coefficient (Wildman–Crippen LogP) is 6.18. The second-order valence-electron chi connectivity index (χ2n) is 6.29. The van der Waals surface area contributed by atoms with E-state index < -0.39 is 0 Å². The molecule has 0 spiro atoms. The maximum absolute atomic E-state index is 3.44. The van der Waals surface area contributed by atoms with E-state index in [2.05, 4.69) is 23.3 Å². The number of nitrogens with one attached hydrogen (secondary N) is 1. The zero-order valence-corrected chi connectivity index (χ0v) is 12.5. The second-order valence-corrected chi connectivity index (χ2v) is 6.29. The molecule has 1 heteroatoms. The van der Waals surface area contributed by atoms with E-state index in [1.165, 1.54) is 89.2 Å². The van der Waals surface area contributed by atoms with Gasteiger partial charge in [0.15, 0.2) is 0 Å². The van der Waals surface area contributed by atoms with Crippen molar-refractivity contribution in [2.24, 2.45) is 0 Å². The van der Waals surface area contributed by atoms with Crippen LogP contribution >= 0.6 is 0 Å². The van der Waals surface area contributed by atoms with Gasteiger partial charge in [0.05, 0.1) is 0 Å². The summed E-state index contributed by atoms with van der Waals surface area (Å²) in [7, 11) is 0. The van der Waals surface area contributed by atoms with Gasteiger partial charge >= 0.3 is 0 Å². The number of hydrogen-bond donors (Lipinski definition) is 1. The lowest BCUT2D eigenvalue weighted by atomic mass is 9.91. The molecule has 0 amide bonds.